The highest BCUT2D eigenvalue weighted by atomic mass is 16.5. The van der Waals surface area contributed by atoms with E-state index in [4.69, 9.17) is 16.0 Å². The van der Waals surface area contributed by atoms with Gasteiger partial charge in [-0.3, -0.25) is 0 Å². The standard InChI is InChI=1S/C10H20N4O/c11-10-4-2-9(3-5-10)8-15-7-1-6-13-14-12/h9-10H,1-8,11H2/t9-,10-. The third-order valence-corrected chi connectivity index (χ3v) is 2.85. The maximum atomic E-state index is 8.06. The summed E-state index contributed by atoms with van der Waals surface area (Å²) in [5.41, 5.74) is 13.9. The lowest BCUT2D eigenvalue weighted by Crippen LogP contribution is -2.28. The summed E-state index contributed by atoms with van der Waals surface area (Å²) in [5, 5.41) is 3.45. The highest BCUT2D eigenvalue weighted by Crippen LogP contribution is 2.23. The highest BCUT2D eigenvalue weighted by molar-refractivity contribution is 4.73. The van der Waals surface area contributed by atoms with Crippen molar-refractivity contribution in [1.82, 2.24) is 0 Å². The first-order valence-corrected chi connectivity index (χ1v) is 5.67. The van der Waals surface area contributed by atoms with Crippen molar-refractivity contribution < 1.29 is 4.74 Å². The molecule has 86 valence electrons. The highest BCUT2D eigenvalue weighted by Gasteiger charge is 2.18. The van der Waals surface area contributed by atoms with Crippen molar-refractivity contribution in [2.24, 2.45) is 16.8 Å². The van der Waals surface area contributed by atoms with Gasteiger partial charge in [0, 0.05) is 30.7 Å². The molecule has 0 unspecified atom stereocenters. The molecule has 0 aliphatic heterocycles. The summed E-state index contributed by atoms with van der Waals surface area (Å²) in [4.78, 5) is 2.69. The van der Waals surface area contributed by atoms with E-state index in [0.717, 1.165) is 25.9 Å². The Hall–Kier alpha value is -0.770. The van der Waals surface area contributed by atoms with Gasteiger partial charge < -0.3 is 10.5 Å². The Balaban J connectivity index is 1.93. The topological polar surface area (TPSA) is 84.0 Å². The molecule has 0 aromatic carbocycles. The lowest BCUT2D eigenvalue weighted by Gasteiger charge is -2.25. The Bertz CT molecular complexity index is 207. The molecule has 5 heteroatoms. The molecule has 0 heterocycles. The molecule has 1 aliphatic carbocycles. The third kappa shape index (κ3) is 5.62. The lowest BCUT2D eigenvalue weighted by atomic mass is 9.87. The van der Waals surface area contributed by atoms with Crippen LogP contribution in [0.5, 0.6) is 0 Å². The fourth-order valence-electron chi connectivity index (χ4n) is 1.89. The Morgan fingerprint density at radius 3 is 2.73 bits per heavy atom. The number of ether oxygens (including phenoxy) is 1. The predicted molar refractivity (Wildman–Crippen MR) is 59.4 cm³/mol. The number of hydrogen-bond acceptors (Lipinski definition) is 3. The monoisotopic (exact) mass is 212 g/mol. The van der Waals surface area contributed by atoms with Gasteiger partial charge in [0.2, 0.25) is 0 Å². The van der Waals surface area contributed by atoms with E-state index >= 15 is 0 Å². The van der Waals surface area contributed by atoms with Gasteiger partial charge in [-0.05, 0) is 43.6 Å². The van der Waals surface area contributed by atoms with Gasteiger partial charge in [-0.25, -0.2) is 0 Å². The van der Waals surface area contributed by atoms with Gasteiger partial charge in [-0.2, -0.15) is 0 Å². The van der Waals surface area contributed by atoms with E-state index in [0.29, 0.717) is 25.1 Å². The predicted octanol–water partition coefficient (Wildman–Crippen LogP) is 2.22. The molecular formula is C10H20N4O. The molecule has 1 fully saturated rings. The van der Waals surface area contributed by atoms with Crippen molar-refractivity contribution in [3.8, 4) is 0 Å². The normalized spacial score (nSPS) is 25.9. The maximum Gasteiger partial charge on any atom is 0.0494 e. The van der Waals surface area contributed by atoms with Crippen LogP contribution in [0.2, 0.25) is 0 Å². The molecule has 1 aliphatic rings. The maximum absolute atomic E-state index is 8.06. The second-order valence-electron chi connectivity index (χ2n) is 4.16. The van der Waals surface area contributed by atoms with Crippen LogP contribution in [0.3, 0.4) is 0 Å². The number of azide groups is 1. The third-order valence-electron chi connectivity index (χ3n) is 2.85. The van der Waals surface area contributed by atoms with Crippen LogP contribution in [0.25, 0.3) is 10.4 Å². The molecule has 15 heavy (non-hydrogen) atoms. The second-order valence-corrected chi connectivity index (χ2v) is 4.16. The van der Waals surface area contributed by atoms with Crippen LogP contribution in [0.1, 0.15) is 32.1 Å². The largest absolute Gasteiger partial charge is 0.381 e. The van der Waals surface area contributed by atoms with Crippen molar-refractivity contribution >= 4 is 0 Å². The molecule has 2 N–H and O–H groups in total. The minimum absolute atomic E-state index is 0.409. The molecule has 0 spiro atoms. The first-order valence-electron chi connectivity index (χ1n) is 5.67. The van der Waals surface area contributed by atoms with Crippen molar-refractivity contribution in [3.05, 3.63) is 10.4 Å². The van der Waals surface area contributed by atoms with Gasteiger partial charge >= 0.3 is 0 Å². The van der Waals surface area contributed by atoms with Gasteiger partial charge in [0.05, 0.1) is 0 Å². The minimum atomic E-state index is 0.409. The van der Waals surface area contributed by atoms with E-state index in [1.807, 2.05) is 0 Å². The quantitative estimate of drug-likeness (QED) is 0.317. The SMILES string of the molecule is [N-]=[N+]=NCCCOC[C@H]1CC[C@H](N)CC1. The summed E-state index contributed by atoms with van der Waals surface area (Å²) < 4.78 is 5.53. The molecule has 1 rings (SSSR count). The van der Waals surface area contributed by atoms with Gasteiger partial charge in [0.15, 0.2) is 0 Å². The van der Waals surface area contributed by atoms with E-state index in [1.165, 1.54) is 12.8 Å². The van der Waals surface area contributed by atoms with Crippen LogP contribution in [-0.2, 0) is 4.74 Å². The summed E-state index contributed by atoms with van der Waals surface area (Å²) in [6.07, 6.45) is 5.46. The average molecular weight is 212 g/mol. The van der Waals surface area contributed by atoms with Gasteiger partial charge in [-0.15, -0.1) is 0 Å². The molecule has 5 nitrogen and oxygen atoms in total. The average Bonchev–Trinajstić information content (AvgIpc) is 2.26. The van der Waals surface area contributed by atoms with E-state index in [2.05, 4.69) is 10.0 Å². The van der Waals surface area contributed by atoms with Crippen LogP contribution < -0.4 is 5.73 Å². The van der Waals surface area contributed by atoms with Crippen LogP contribution >= 0.6 is 0 Å². The van der Waals surface area contributed by atoms with E-state index < -0.39 is 0 Å². The summed E-state index contributed by atoms with van der Waals surface area (Å²) in [6, 6.07) is 0.409. The van der Waals surface area contributed by atoms with Crippen molar-refractivity contribution in [1.29, 1.82) is 0 Å². The Labute approximate surface area is 90.6 Å². The molecular weight excluding hydrogens is 192 g/mol. The van der Waals surface area contributed by atoms with Crippen molar-refractivity contribution in [2.45, 2.75) is 38.1 Å². The number of nitrogens with zero attached hydrogens (tertiary/aromatic N) is 3. The molecule has 0 amide bonds. The molecule has 0 bridgehead atoms. The van der Waals surface area contributed by atoms with Crippen LogP contribution in [0.15, 0.2) is 5.11 Å². The van der Waals surface area contributed by atoms with Crippen molar-refractivity contribution in [2.75, 3.05) is 19.8 Å². The molecule has 0 radical (unpaired) electrons. The van der Waals surface area contributed by atoms with Gasteiger partial charge in [0.1, 0.15) is 0 Å². The molecule has 0 saturated heterocycles. The van der Waals surface area contributed by atoms with Crippen LogP contribution in [0.4, 0.5) is 0 Å². The van der Waals surface area contributed by atoms with Gasteiger partial charge in [0.25, 0.3) is 0 Å². The van der Waals surface area contributed by atoms with Crippen LogP contribution in [0, 0.1) is 5.92 Å². The van der Waals surface area contributed by atoms with E-state index in [9.17, 15) is 0 Å². The fraction of sp³-hybridized carbons (Fsp3) is 1.00. The number of rotatable bonds is 6. The molecule has 1 saturated carbocycles. The number of hydrogen-bond donors (Lipinski definition) is 1. The smallest absolute Gasteiger partial charge is 0.0494 e. The van der Waals surface area contributed by atoms with Crippen molar-refractivity contribution in [3.63, 3.8) is 0 Å². The summed E-state index contributed by atoms with van der Waals surface area (Å²) >= 11 is 0. The molecule has 0 atom stereocenters. The Kier molecular flexibility index (Phi) is 6.16. The summed E-state index contributed by atoms with van der Waals surface area (Å²) in [5.74, 6) is 0.685. The molecule has 0 aromatic heterocycles. The van der Waals surface area contributed by atoms with Gasteiger partial charge in [-0.1, -0.05) is 5.11 Å². The zero-order chi connectivity index (χ0) is 10.9. The lowest BCUT2D eigenvalue weighted by molar-refractivity contribution is 0.0824. The number of nitrogens with two attached hydrogens (primary N) is 1. The zero-order valence-electron chi connectivity index (χ0n) is 9.14. The van der Waals surface area contributed by atoms with Crippen LogP contribution in [-0.4, -0.2) is 25.8 Å². The summed E-state index contributed by atoms with van der Waals surface area (Å²) in [6.45, 7) is 2.07. The fourth-order valence-corrected chi connectivity index (χ4v) is 1.89. The summed E-state index contributed by atoms with van der Waals surface area (Å²) in [7, 11) is 0. The first kappa shape index (κ1) is 12.3. The second kappa shape index (κ2) is 7.51. The Morgan fingerprint density at radius 1 is 1.33 bits per heavy atom. The zero-order valence-corrected chi connectivity index (χ0v) is 9.14. The molecule has 0 aromatic rings. The minimum Gasteiger partial charge on any atom is -0.381 e. The first-order chi connectivity index (χ1) is 7.33. The van der Waals surface area contributed by atoms with E-state index in [1.54, 1.807) is 0 Å². The Morgan fingerprint density at radius 2 is 2.07 bits per heavy atom. The van der Waals surface area contributed by atoms with E-state index in [-0.39, 0.29) is 0 Å².